The van der Waals surface area contributed by atoms with Gasteiger partial charge in [-0.1, -0.05) is 0 Å². The predicted molar refractivity (Wildman–Crippen MR) is 89.7 cm³/mol. The lowest BCUT2D eigenvalue weighted by atomic mass is 9.92. The Kier molecular flexibility index (Phi) is 3.91. The number of carbonyl (C=O) groups excluding carboxylic acids is 2. The molecule has 1 spiro atoms. The summed E-state index contributed by atoms with van der Waals surface area (Å²) in [6.07, 6.45) is 9.01. The largest absolute Gasteiger partial charge is 0.349 e. The van der Waals surface area contributed by atoms with Crippen LogP contribution in [0.15, 0.2) is 43.1 Å². The van der Waals surface area contributed by atoms with Gasteiger partial charge in [-0.25, -0.2) is 9.97 Å². The number of nitrogens with zero attached hydrogens (tertiary/aromatic N) is 4. The zero-order valence-corrected chi connectivity index (χ0v) is 13.8. The van der Waals surface area contributed by atoms with Crippen LogP contribution in [0, 0.1) is 5.41 Å². The van der Waals surface area contributed by atoms with E-state index in [0.29, 0.717) is 24.3 Å². The van der Waals surface area contributed by atoms with Gasteiger partial charge in [-0.05, 0) is 42.9 Å². The Morgan fingerprint density at radius 2 is 1.80 bits per heavy atom. The maximum Gasteiger partial charge on any atom is 0.272 e. The van der Waals surface area contributed by atoms with Crippen molar-refractivity contribution in [1.29, 1.82) is 0 Å². The van der Waals surface area contributed by atoms with Crippen molar-refractivity contribution < 1.29 is 9.59 Å². The van der Waals surface area contributed by atoms with Gasteiger partial charge in [-0.15, -0.1) is 0 Å². The molecular weight excluding hydrogens is 318 g/mol. The van der Waals surface area contributed by atoms with Gasteiger partial charge >= 0.3 is 0 Å². The number of likely N-dealkylation sites (tertiary alicyclic amines) is 1. The van der Waals surface area contributed by atoms with Gasteiger partial charge in [0.15, 0.2) is 0 Å². The van der Waals surface area contributed by atoms with Crippen molar-refractivity contribution >= 4 is 11.8 Å². The fraction of sp³-hybridized carbons (Fsp3) is 0.389. The van der Waals surface area contributed by atoms with E-state index in [4.69, 9.17) is 0 Å². The van der Waals surface area contributed by atoms with Crippen molar-refractivity contribution in [2.75, 3.05) is 13.1 Å². The summed E-state index contributed by atoms with van der Waals surface area (Å²) in [6, 6.07) is 5.27. The van der Waals surface area contributed by atoms with Gasteiger partial charge in [0, 0.05) is 43.3 Å². The molecule has 128 valence electrons. The van der Waals surface area contributed by atoms with Gasteiger partial charge in [0.05, 0.1) is 0 Å². The van der Waals surface area contributed by atoms with Gasteiger partial charge in [-0.2, -0.15) is 0 Å². The molecule has 0 bridgehead atoms. The number of aromatic nitrogens is 3. The predicted octanol–water partition coefficient (Wildman–Crippen LogP) is 1.30. The Bertz CT molecular complexity index is 773. The van der Waals surface area contributed by atoms with E-state index in [9.17, 15) is 9.59 Å². The molecule has 1 saturated carbocycles. The van der Waals surface area contributed by atoms with Crippen LogP contribution in [0.3, 0.4) is 0 Å². The molecular formula is C18H19N5O2. The molecule has 2 aromatic rings. The Hall–Kier alpha value is -2.83. The molecule has 1 N–H and O–H groups in total. The zero-order valence-electron chi connectivity index (χ0n) is 13.8. The quantitative estimate of drug-likeness (QED) is 0.912. The van der Waals surface area contributed by atoms with Crippen molar-refractivity contribution in [3.05, 3.63) is 54.4 Å². The molecule has 1 aliphatic heterocycles. The topological polar surface area (TPSA) is 88.1 Å². The molecule has 7 nitrogen and oxygen atoms in total. The minimum absolute atomic E-state index is 0.0460. The van der Waals surface area contributed by atoms with E-state index in [1.807, 2.05) is 4.90 Å². The molecule has 1 unspecified atom stereocenters. The summed E-state index contributed by atoms with van der Waals surface area (Å²) in [5, 5.41) is 3.12. The molecule has 2 fully saturated rings. The smallest absolute Gasteiger partial charge is 0.272 e. The highest BCUT2D eigenvalue weighted by Crippen LogP contribution is 2.54. The van der Waals surface area contributed by atoms with E-state index in [1.54, 1.807) is 36.8 Å². The van der Waals surface area contributed by atoms with E-state index in [0.717, 1.165) is 19.3 Å². The highest BCUT2D eigenvalue weighted by atomic mass is 16.2. The first-order valence-electron chi connectivity index (χ1n) is 8.44. The molecule has 25 heavy (non-hydrogen) atoms. The van der Waals surface area contributed by atoms with Crippen LogP contribution in [-0.2, 0) is 0 Å². The van der Waals surface area contributed by atoms with Crippen molar-refractivity contribution in [3.63, 3.8) is 0 Å². The number of carbonyl (C=O) groups is 2. The normalized spacial score (nSPS) is 21.0. The first-order chi connectivity index (χ1) is 12.2. The van der Waals surface area contributed by atoms with Crippen molar-refractivity contribution in [2.24, 2.45) is 5.41 Å². The molecule has 4 rings (SSSR count). The van der Waals surface area contributed by atoms with Gasteiger partial charge in [-0.3, -0.25) is 14.6 Å². The number of piperidine rings is 1. The first-order valence-corrected chi connectivity index (χ1v) is 8.44. The Balaban J connectivity index is 1.32. The fourth-order valence-corrected chi connectivity index (χ4v) is 3.58. The summed E-state index contributed by atoms with van der Waals surface area (Å²) in [5.74, 6) is -0.0981. The number of nitrogens with one attached hydrogen (secondary N) is 1. The van der Waals surface area contributed by atoms with Crippen LogP contribution in [0.5, 0.6) is 0 Å². The molecule has 2 aliphatic rings. The second kappa shape index (κ2) is 6.23. The van der Waals surface area contributed by atoms with Crippen LogP contribution in [0.4, 0.5) is 0 Å². The lowest BCUT2D eigenvalue weighted by Crippen LogP contribution is -2.42. The van der Waals surface area contributed by atoms with Crippen LogP contribution in [0.2, 0.25) is 0 Å². The van der Waals surface area contributed by atoms with Crippen LogP contribution < -0.4 is 5.32 Å². The number of hydrogen-bond acceptors (Lipinski definition) is 5. The number of amides is 2. The Labute approximate surface area is 145 Å². The van der Waals surface area contributed by atoms with E-state index < -0.39 is 0 Å². The molecule has 0 radical (unpaired) electrons. The number of hydrogen-bond donors (Lipinski definition) is 1. The Morgan fingerprint density at radius 1 is 1.08 bits per heavy atom. The zero-order chi connectivity index (χ0) is 17.3. The summed E-state index contributed by atoms with van der Waals surface area (Å²) in [5.41, 5.74) is 1.21. The summed E-state index contributed by atoms with van der Waals surface area (Å²) in [7, 11) is 0. The monoisotopic (exact) mass is 337 g/mol. The highest BCUT2D eigenvalue weighted by Gasteiger charge is 2.56. The summed E-state index contributed by atoms with van der Waals surface area (Å²) < 4.78 is 0. The first kappa shape index (κ1) is 15.7. The van der Waals surface area contributed by atoms with Gasteiger partial charge < -0.3 is 10.2 Å². The average Bonchev–Trinajstić information content (AvgIpc) is 3.34. The number of rotatable bonds is 3. The van der Waals surface area contributed by atoms with Gasteiger partial charge in [0.1, 0.15) is 12.0 Å². The van der Waals surface area contributed by atoms with Crippen molar-refractivity contribution in [1.82, 2.24) is 25.2 Å². The molecule has 2 aromatic heterocycles. The third-order valence-corrected chi connectivity index (χ3v) is 5.29. The van der Waals surface area contributed by atoms with E-state index >= 15 is 0 Å². The van der Waals surface area contributed by atoms with Gasteiger partial charge in [0.2, 0.25) is 0 Å². The van der Waals surface area contributed by atoms with Crippen LogP contribution >= 0.6 is 0 Å². The van der Waals surface area contributed by atoms with Crippen LogP contribution in [0.25, 0.3) is 0 Å². The Morgan fingerprint density at radius 3 is 2.48 bits per heavy atom. The third kappa shape index (κ3) is 3.09. The molecule has 1 saturated heterocycles. The minimum Gasteiger partial charge on any atom is -0.349 e. The minimum atomic E-state index is -0.0521. The maximum absolute atomic E-state index is 12.4. The lowest BCUT2D eigenvalue weighted by molar-refractivity contribution is 0.0662. The summed E-state index contributed by atoms with van der Waals surface area (Å²) >= 11 is 0. The molecule has 1 atom stereocenters. The standard InChI is InChI=1S/C18H19N5O2/c24-16(13-1-6-19-7-2-13)22-15-11-18(15)4-9-23(10-5-18)17(25)14-3-8-20-12-21-14/h1-3,6-8,12,15H,4-5,9-11H2,(H,22,24). The molecule has 2 amide bonds. The van der Waals surface area contributed by atoms with Crippen molar-refractivity contribution in [3.8, 4) is 0 Å². The van der Waals surface area contributed by atoms with E-state index in [1.165, 1.54) is 6.33 Å². The van der Waals surface area contributed by atoms with Crippen LogP contribution in [-0.4, -0.2) is 50.8 Å². The summed E-state index contributed by atoms with van der Waals surface area (Å²) in [6.45, 7) is 1.40. The maximum atomic E-state index is 12.4. The fourth-order valence-electron chi connectivity index (χ4n) is 3.58. The second-order valence-corrected chi connectivity index (χ2v) is 6.72. The SMILES string of the molecule is O=C(NC1CC12CCN(C(=O)c1ccncn1)CC2)c1ccncc1. The average molecular weight is 337 g/mol. The highest BCUT2D eigenvalue weighted by molar-refractivity contribution is 5.94. The molecule has 7 heteroatoms. The van der Waals surface area contributed by atoms with E-state index in [-0.39, 0.29) is 23.3 Å². The third-order valence-electron chi connectivity index (χ3n) is 5.29. The number of pyridine rings is 1. The summed E-state index contributed by atoms with van der Waals surface area (Å²) in [4.78, 5) is 38.3. The molecule has 0 aromatic carbocycles. The molecule has 1 aliphatic carbocycles. The second-order valence-electron chi connectivity index (χ2n) is 6.72. The van der Waals surface area contributed by atoms with Gasteiger partial charge in [0.25, 0.3) is 11.8 Å². The molecule has 3 heterocycles. The lowest BCUT2D eigenvalue weighted by Gasteiger charge is -2.32. The van der Waals surface area contributed by atoms with Crippen molar-refractivity contribution in [2.45, 2.75) is 25.3 Å². The van der Waals surface area contributed by atoms with E-state index in [2.05, 4.69) is 20.3 Å². The van der Waals surface area contributed by atoms with Crippen LogP contribution in [0.1, 0.15) is 40.1 Å².